The van der Waals surface area contributed by atoms with Gasteiger partial charge in [0.1, 0.15) is 0 Å². The molecule has 0 atom stereocenters. The zero-order valence-electron chi connectivity index (χ0n) is 20.7. The summed E-state index contributed by atoms with van der Waals surface area (Å²) < 4.78 is 81.1. The Hall–Kier alpha value is -4.72. The second kappa shape index (κ2) is 9.48. The lowest BCUT2D eigenvalue weighted by Crippen LogP contribution is -2.13. The molecule has 0 unspecified atom stereocenters. The van der Waals surface area contributed by atoms with E-state index in [9.17, 15) is 26.3 Å². The van der Waals surface area contributed by atoms with Gasteiger partial charge in [-0.3, -0.25) is 0 Å². The number of alkyl halides is 6. The molecular weight excluding hydrogens is 526 g/mol. The highest BCUT2D eigenvalue weighted by molar-refractivity contribution is 6.08. The fourth-order valence-corrected chi connectivity index (χ4v) is 4.92. The zero-order valence-corrected chi connectivity index (χ0v) is 20.7. The number of aromatic amines is 1. The van der Waals surface area contributed by atoms with Crippen LogP contribution in [0.5, 0.6) is 0 Å². The van der Waals surface area contributed by atoms with Crippen molar-refractivity contribution in [1.82, 2.24) is 4.98 Å². The Balaban J connectivity index is 1.44. The van der Waals surface area contributed by atoms with E-state index in [0.29, 0.717) is 5.69 Å². The summed E-state index contributed by atoms with van der Waals surface area (Å²) >= 11 is 0. The second-order valence-electron chi connectivity index (χ2n) is 9.41. The van der Waals surface area contributed by atoms with Crippen LogP contribution in [0.1, 0.15) is 11.1 Å². The van der Waals surface area contributed by atoms with Gasteiger partial charge in [-0.05, 0) is 77.9 Å². The number of para-hydroxylation sites is 1. The number of hydrogen-bond donors (Lipinski definition) is 1. The number of benzene rings is 5. The highest BCUT2D eigenvalue weighted by atomic mass is 19.4. The van der Waals surface area contributed by atoms with E-state index >= 15 is 0 Å². The van der Waals surface area contributed by atoms with E-state index in [0.717, 1.165) is 57.2 Å². The molecule has 200 valence electrons. The molecule has 0 radical (unpaired) electrons. The van der Waals surface area contributed by atoms with Crippen molar-refractivity contribution in [2.75, 3.05) is 4.90 Å². The Labute approximate surface area is 225 Å². The standard InChI is InChI=1S/C32H20F6N2/c33-31(34,35)22-5-3-7-25(18-22)40(26-8-4-6-23(19-26)32(36,37)38)24-14-11-20(12-15-24)21-13-16-30-28(17-21)27-9-1-2-10-29(27)39-30/h1-19,39H. The Morgan fingerprint density at radius 3 is 1.60 bits per heavy atom. The first-order valence-electron chi connectivity index (χ1n) is 12.3. The first-order chi connectivity index (χ1) is 19.1. The summed E-state index contributed by atoms with van der Waals surface area (Å²) in [7, 11) is 0. The summed E-state index contributed by atoms with van der Waals surface area (Å²) in [5, 5.41) is 2.13. The molecule has 0 amide bonds. The van der Waals surface area contributed by atoms with Crippen LogP contribution in [0.15, 0.2) is 115 Å². The Bertz CT molecular complexity index is 1770. The first kappa shape index (κ1) is 25.6. The third kappa shape index (κ3) is 4.77. The van der Waals surface area contributed by atoms with Crippen molar-refractivity contribution < 1.29 is 26.3 Å². The summed E-state index contributed by atoms with van der Waals surface area (Å²) in [6, 6.07) is 30.0. The monoisotopic (exact) mass is 546 g/mol. The predicted octanol–water partition coefficient (Wildman–Crippen LogP) is 10.5. The van der Waals surface area contributed by atoms with Crippen LogP contribution in [0.25, 0.3) is 32.9 Å². The molecule has 0 aliphatic carbocycles. The lowest BCUT2D eigenvalue weighted by atomic mass is 10.0. The molecule has 0 bridgehead atoms. The molecule has 0 saturated carbocycles. The van der Waals surface area contributed by atoms with Gasteiger partial charge >= 0.3 is 12.4 Å². The molecule has 0 spiro atoms. The maximum Gasteiger partial charge on any atom is 0.416 e. The van der Waals surface area contributed by atoms with Crippen molar-refractivity contribution in [2.45, 2.75) is 12.4 Å². The number of aromatic nitrogens is 1. The molecule has 1 N–H and O–H groups in total. The number of nitrogens with one attached hydrogen (secondary N) is 1. The molecule has 0 saturated heterocycles. The number of halogens is 6. The summed E-state index contributed by atoms with van der Waals surface area (Å²) in [6.45, 7) is 0. The summed E-state index contributed by atoms with van der Waals surface area (Å²) in [4.78, 5) is 4.77. The maximum absolute atomic E-state index is 13.5. The van der Waals surface area contributed by atoms with E-state index in [1.54, 1.807) is 24.3 Å². The van der Waals surface area contributed by atoms with Crippen LogP contribution in [-0.4, -0.2) is 4.98 Å². The number of nitrogens with zero attached hydrogens (tertiary/aromatic N) is 1. The Morgan fingerprint density at radius 1 is 0.450 bits per heavy atom. The molecule has 8 heteroatoms. The average molecular weight is 547 g/mol. The second-order valence-corrected chi connectivity index (χ2v) is 9.41. The number of fused-ring (bicyclic) bond motifs is 3. The molecule has 0 fully saturated rings. The average Bonchev–Trinajstić information content (AvgIpc) is 3.31. The minimum atomic E-state index is -4.61. The van der Waals surface area contributed by atoms with E-state index in [2.05, 4.69) is 11.1 Å². The molecule has 6 rings (SSSR count). The van der Waals surface area contributed by atoms with Gasteiger partial charge in [0.05, 0.1) is 11.1 Å². The van der Waals surface area contributed by atoms with E-state index in [1.165, 1.54) is 29.2 Å². The molecule has 0 aliphatic heterocycles. The molecule has 0 aliphatic rings. The van der Waals surface area contributed by atoms with Crippen molar-refractivity contribution >= 4 is 38.9 Å². The Kier molecular flexibility index (Phi) is 6.06. The van der Waals surface area contributed by atoms with Gasteiger partial charge < -0.3 is 9.88 Å². The van der Waals surface area contributed by atoms with Crippen LogP contribution in [0.2, 0.25) is 0 Å². The molecule has 40 heavy (non-hydrogen) atoms. The number of rotatable bonds is 4. The van der Waals surface area contributed by atoms with E-state index in [-0.39, 0.29) is 11.4 Å². The van der Waals surface area contributed by atoms with Gasteiger partial charge in [0, 0.05) is 38.9 Å². The molecule has 2 nitrogen and oxygen atoms in total. The largest absolute Gasteiger partial charge is 0.416 e. The highest BCUT2D eigenvalue weighted by Gasteiger charge is 2.33. The van der Waals surface area contributed by atoms with Crippen molar-refractivity contribution in [1.29, 1.82) is 0 Å². The third-order valence-electron chi connectivity index (χ3n) is 6.83. The van der Waals surface area contributed by atoms with Gasteiger partial charge in [0.2, 0.25) is 0 Å². The first-order valence-corrected chi connectivity index (χ1v) is 12.3. The molecule has 1 aromatic heterocycles. The van der Waals surface area contributed by atoms with Gasteiger partial charge in [-0.1, -0.05) is 48.5 Å². The number of anilines is 3. The van der Waals surface area contributed by atoms with Crippen LogP contribution >= 0.6 is 0 Å². The summed E-state index contributed by atoms with van der Waals surface area (Å²) in [6.07, 6.45) is -9.22. The van der Waals surface area contributed by atoms with E-state index < -0.39 is 23.5 Å². The highest BCUT2D eigenvalue weighted by Crippen LogP contribution is 2.41. The topological polar surface area (TPSA) is 19.0 Å². The molecule has 1 heterocycles. The van der Waals surface area contributed by atoms with Crippen LogP contribution in [0.4, 0.5) is 43.4 Å². The van der Waals surface area contributed by atoms with Crippen LogP contribution in [-0.2, 0) is 12.4 Å². The molecule has 5 aromatic carbocycles. The smallest absolute Gasteiger partial charge is 0.355 e. The van der Waals surface area contributed by atoms with Gasteiger partial charge in [-0.2, -0.15) is 26.3 Å². The van der Waals surface area contributed by atoms with Crippen LogP contribution < -0.4 is 4.90 Å². The van der Waals surface area contributed by atoms with Crippen molar-refractivity contribution in [3.05, 3.63) is 126 Å². The van der Waals surface area contributed by atoms with Crippen LogP contribution in [0.3, 0.4) is 0 Å². The van der Waals surface area contributed by atoms with Crippen LogP contribution in [0, 0.1) is 0 Å². The van der Waals surface area contributed by atoms with E-state index in [1.807, 2.05) is 36.4 Å². The third-order valence-corrected chi connectivity index (χ3v) is 6.83. The zero-order chi connectivity index (χ0) is 28.1. The van der Waals surface area contributed by atoms with Crippen molar-refractivity contribution in [3.8, 4) is 11.1 Å². The normalized spacial score (nSPS) is 12.2. The number of hydrogen-bond acceptors (Lipinski definition) is 1. The van der Waals surface area contributed by atoms with Gasteiger partial charge in [-0.15, -0.1) is 0 Å². The Morgan fingerprint density at radius 2 is 1.00 bits per heavy atom. The lowest BCUT2D eigenvalue weighted by Gasteiger charge is -2.27. The fraction of sp³-hybridized carbons (Fsp3) is 0.0625. The van der Waals surface area contributed by atoms with Gasteiger partial charge in [-0.25, -0.2) is 0 Å². The minimum absolute atomic E-state index is 0.0853. The number of H-pyrrole nitrogens is 1. The molecular formula is C32H20F6N2. The van der Waals surface area contributed by atoms with Crippen molar-refractivity contribution in [3.63, 3.8) is 0 Å². The summed E-state index contributed by atoms with van der Waals surface area (Å²) in [5.41, 5.74) is 2.57. The predicted molar refractivity (Wildman–Crippen MR) is 146 cm³/mol. The quantitative estimate of drug-likeness (QED) is 0.218. The minimum Gasteiger partial charge on any atom is -0.355 e. The molecule has 6 aromatic rings. The van der Waals surface area contributed by atoms with Crippen molar-refractivity contribution in [2.24, 2.45) is 0 Å². The maximum atomic E-state index is 13.5. The SMILES string of the molecule is FC(F)(F)c1cccc(N(c2ccc(-c3ccc4[nH]c5ccccc5c4c3)cc2)c2cccc(C(F)(F)F)c2)c1. The summed E-state index contributed by atoms with van der Waals surface area (Å²) in [5.74, 6) is 0. The van der Waals surface area contributed by atoms with E-state index in [4.69, 9.17) is 0 Å². The van der Waals surface area contributed by atoms with Gasteiger partial charge in [0.15, 0.2) is 0 Å². The fourth-order valence-electron chi connectivity index (χ4n) is 4.92. The van der Waals surface area contributed by atoms with Gasteiger partial charge in [0.25, 0.3) is 0 Å². The lowest BCUT2D eigenvalue weighted by molar-refractivity contribution is -0.138.